The second-order valence-electron chi connectivity index (χ2n) is 7.78. The van der Waals surface area contributed by atoms with Crippen molar-refractivity contribution >= 4 is 25.0 Å². The van der Waals surface area contributed by atoms with Gasteiger partial charge in [0.2, 0.25) is 0 Å². The average Bonchev–Trinajstić information content (AvgIpc) is 2.83. The van der Waals surface area contributed by atoms with E-state index >= 15 is 0 Å². The van der Waals surface area contributed by atoms with Crippen molar-refractivity contribution in [3.63, 3.8) is 0 Å². The first-order valence-electron chi connectivity index (χ1n) is 11.5. The van der Waals surface area contributed by atoms with Gasteiger partial charge in [0.1, 0.15) is 0 Å². The van der Waals surface area contributed by atoms with E-state index in [-0.39, 0.29) is 7.92 Å². The number of hydrogen-bond acceptors (Lipinski definition) is 3. The molecular formula is C27H36N3P. The van der Waals surface area contributed by atoms with Gasteiger partial charge in [0.25, 0.3) is 0 Å². The average molecular weight is 434 g/mol. The van der Waals surface area contributed by atoms with E-state index in [0.717, 1.165) is 19.6 Å². The first-order chi connectivity index (χ1) is 15.4. The van der Waals surface area contributed by atoms with E-state index in [2.05, 4.69) is 107 Å². The zero-order valence-corrected chi connectivity index (χ0v) is 19.4. The lowest BCUT2D eigenvalue weighted by molar-refractivity contribution is 0.931. The van der Waals surface area contributed by atoms with Crippen molar-refractivity contribution < 1.29 is 0 Å². The number of nitrogens with one attached hydrogen (secondary N) is 3. The summed E-state index contributed by atoms with van der Waals surface area (Å²) in [5.41, 5.74) is 3.68. The second kappa shape index (κ2) is 14.5. The quantitative estimate of drug-likeness (QED) is 0.179. The predicted octanol–water partition coefficient (Wildman–Crippen LogP) is 6.97. The number of hydrogen-bond donors (Lipinski definition) is 3. The first kappa shape index (κ1) is 23.2. The molecule has 3 nitrogen and oxygen atoms in total. The summed E-state index contributed by atoms with van der Waals surface area (Å²) in [7, 11) is 0.0778. The minimum absolute atomic E-state index is 0.0778. The molecule has 164 valence electrons. The molecule has 0 aliphatic carbocycles. The second-order valence-corrected chi connectivity index (χ2v) is 10.5. The van der Waals surface area contributed by atoms with Crippen molar-refractivity contribution in [2.45, 2.75) is 19.3 Å². The van der Waals surface area contributed by atoms with E-state index < -0.39 is 0 Å². The molecule has 0 saturated carbocycles. The first-order valence-corrected chi connectivity index (χ1v) is 13.4. The smallest absolute Gasteiger partial charge is 0.0340 e. The molecule has 0 fully saturated rings. The molecule has 0 aliphatic heterocycles. The van der Waals surface area contributed by atoms with E-state index in [1.165, 1.54) is 54.8 Å². The number of benzene rings is 3. The number of rotatable bonds is 15. The SMILES string of the molecule is c1ccc(NCCCP(CCCNc2ccccc2)CCCNc2ccccc2)cc1. The van der Waals surface area contributed by atoms with Gasteiger partial charge in [-0.2, -0.15) is 0 Å². The highest BCUT2D eigenvalue weighted by molar-refractivity contribution is 7.57. The summed E-state index contributed by atoms with van der Waals surface area (Å²) >= 11 is 0. The van der Waals surface area contributed by atoms with Crippen LogP contribution in [0.25, 0.3) is 0 Å². The predicted molar refractivity (Wildman–Crippen MR) is 140 cm³/mol. The van der Waals surface area contributed by atoms with Gasteiger partial charge < -0.3 is 16.0 Å². The Bertz CT molecular complexity index is 699. The third-order valence-electron chi connectivity index (χ3n) is 5.26. The molecule has 3 aromatic carbocycles. The Hall–Kier alpha value is -2.51. The maximum atomic E-state index is 3.56. The van der Waals surface area contributed by atoms with Gasteiger partial charge in [-0.25, -0.2) is 0 Å². The maximum Gasteiger partial charge on any atom is 0.0340 e. The molecule has 0 heterocycles. The molecule has 0 radical (unpaired) electrons. The van der Waals surface area contributed by atoms with Gasteiger partial charge >= 0.3 is 0 Å². The van der Waals surface area contributed by atoms with Crippen LogP contribution < -0.4 is 16.0 Å². The van der Waals surface area contributed by atoms with E-state index in [1.807, 2.05) is 0 Å². The van der Waals surface area contributed by atoms with Crippen molar-refractivity contribution in [3.05, 3.63) is 91.0 Å². The summed E-state index contributed by atoms with van der Waals surface area (Å²) in [6.07, 6.45) is 7.81. The van der Waals surface area contributed by atoms with Crippen LogP contribution in [0.1, 0.15) is 19.3 Å². The lowest BCUT2D eigenvalue weighted by Crippen LogP contribution is -2.09. The molecule has 3 aromatic rings. The lowest BCUT2D eigenvalue weighted by Gasteiger charge is -2.19. The van der Waals surface area contributed by atoms with Crippen LogP contribution in [0.3, 0.4) is 0 Å². The minimum atomic E-state index is 0.0778. The van der Waals surface area contributed by atoms with E-state index in [9.17, 15) is 0 Å². The summed E-state index contributed by atoms with van der Waals surface area (Å²) in [4.78, 5) is 0. The fourth-order valence-electron chi connectivity index (χ4n) is 3.61. The maximum absolute atomic E-state index is 3.56. The lowest BCUT2D eigenvalue weighted by atomic mass is 10.3. The van der Waals surface area contributed by atoms with E-state index in [0.29, 0.717) is 0 Å². The van der Waals surface area contributed by atoms with E-state index in [4.69, 9.17) is 0 Å². The van der Waals surface area contributed by atoms with Gasteiger partial charge in [0.05, 0.1) is 0 Å². The van der Waals surface area contributed by atoms with Crippen molar-refractivity contribution in [1.82, 2.24) is 0 Å². The van der Waals surface area contributed by atoms with Crippen LogP contribution in [0.4, 0.5) is 17.1 Å². The molecule has 0 aromatic heterocycles. The van der Waals surface area contributed by atoms with E-state index in [1.54, 1.807) is 0 Å². The summed E-state index contributed by atoms with van der Waals surface area (Å²) in [5, 5.41) is 10.7. The van der Waals surface area contributed by atoms with Crippen LogP contribution in [-0.4, -0.2) is 38.1 Å². The molecular weight excluding hydrogens is 397 g/mol. The Morgan fingerprint density at radius 2 is 0.710 bits per heavy atom. The molecule has 0 bridgehead atoms. The molecule has 0 atom stereocenters. The van der Waals surface area contributed by atoms with Crippen molar-refractivity contribution in [2.75, 3.05) is 54.1 Å². The Labute approximate surface area is 189 Å². The van der Waals surface area contributed by atoms with Crippen molar-refractivity contribution in [1.29, 1.82) is 0 Å². The van der Waals surface area contributed by atoms with Gasteiger partial charge in [0.15, 0.2) is 0 Å². The van der Waals surface area contributed by atoms with Gasteiger partial charge in [-0.05, 0) is 74.1 Å². The van der Waals surface area contributed by atoms with Gasteiger partial charge in [0, 0.05) is 36.7 Å². The van der Waals surface area contributed by atoms with Crippen LogP contribution in [0, 0.1) is 0 Å². The van der Waals surface area contributed by atoms with Crippen LogP contribution in [0.2, 0.25) is 0 Å². The Morgan fingerprint density at radius 1 is 0.419 bits per heavy atom. The molecule has 3 rings (SSSR count). The monoisotopic (exact) mass is 433 g/mol. The number of anilines is 3. The molecule has 0 unspecified atom stereocenters. The third kappa shape index (κ3) is 9.89. The summed E-state index contributed by atoms with van der Waals surface area (Å²) in [6, 6.07) is 31.6. The topological polar surface area (TPSA) is 36.1 Å². The van der Waals surface area contributed by atoms with Crippen LogP contribution in [-0.2, 0) is 0 Å². The third-order valence-corrected chi connectivity index (χ3v) is 8.11. The summed E-state index contributed by atoms with van der Waals surface area (Å²) in [6.45, 7) is 3.19. The molecule has 4 heteroatoms. The van der Waals surface area contributed by atoms with Crippen LogP contribution in [0.15, 0.2) is 91.0 Å². The molecule has 0 spiro atoms. The Balaban J connectivity index is 1.36. The molecule has 0 aliphatic rings. The summed E-state index contributed by atoms with van der Waals surface area (Å²) < 4.78 is 0. The van der Waals surface area contributed by atoms with Crippen molar-refractivity contribution in [3.8, 4) is 0 Å². The minimum Gasteiger partial charge on any atom is -0.385 e. The largest absolute Gasteiger partial charge is 0.385 e. The molecule has 31 heavy (non-hydrogen) atoms. The highest BCUT2D eigenvalue weighted by atomic mass is 31.1. The van der Waals surface area contributed by atoms with Crippen LogP contribution in [0.5, 0.6) is 0 Å². The molecule has 0 amide bonds. The molecule has 0 saturated heterocycles. The van der Waals surface area contributed by atoms with Gasteiger partial charge in [-0.15, -0.1) is 7.92 Å². The normalized spacial score (nSPS) is 10.7. The fraction of sp³-hybridized carbons (Fsp3) is 0.333. The zero-order chi connectivity index (χ0) is 21.4. The van der Waals surface area contributed by atoms with Crippen LogP contribution >= 0.6 is 7.92 Å². The fourth-order valence-corrected chi connectivity index (χ4v) is 6.10. The highest BCUT2D eigenvalue weighted by Gasteiger charge is 2.08. The van der Waals surface area contributed by atoms with Gasteiger partial charge in [-0.1, -0.05) is 54.6 Å². The number of para-hydroxylation sites is 3. The molecule has 3 N–H and O–H groups in total. The van der Waals surface area contributed by atoms with Gasteiger partial charge in [-0.3, -0.25) is 0 Å². The van der Waals surface area contributed by atoms with Crippen molar-refractivity contribution in [2.24, 2.45) is 0 Å². The Kier molecular flexibility index (Phi) is 10.8. The Morgan fingerprint density at radius 3 is 1.00 bits per heavy atom. The summed E-state index contributed by atoms with van der Waals surface area (Å²) in [5.74, 6) is 0. The standard InChI is InChI=1S/C27H36N3P/c1-4-13-25(14-5-1)28-19-10-22-31(23-11-20-29-26-15-6-2-7-16-26)24-12-21-30-27-17-8-3-9-18-27/h1-9,13-18,28-30H,10-12,19-24H2. The zero-order valence-electron chi connectivity index (χ0n) is 18.5. The highest BCUT2D eigenvalue weighted by Crippen LogP contribution is 2.37.